The van der Waals surface area contributed by atoms with Crippen LogP contribution >= 0.6 is 0 Å². The van der Waals surface area contributed by atoms with Crippen molar-refractivity contribution < 1.29 is 19.1 Å². The van der Waals surface area contributed by atoms with Gasteiger partial charge in [0.2, 0.25) is 0 Å². The summed E-state index contributed by atoms with van der Waals surface area (Å²) in [6.45, 7) is 5.00. The lowest BCUT2D eigenvalue weighted by Crippen LogP contribution is -2.30. The Bertz CT molecular complexity index is 254. The Hall–Kier alpha value is -0.900. The molecule has 0 bridgehead atoms. The fourth-order valence-corrected chi connectivity index (χ4v) is 2.06. The van der Waals surface area contributed by atoms with E-state index in [2.05, 4.69) is 4.74 Å². The number of carbonyl (C=O) groups excluding carboxylic acids is 2. The second-order valence-corrected chi connectivity index (χ2v) is 4.57. The molecule has 4 nitrogen and oxygen atoms in total. The normalized spacial score (nSPS) is 22.1. The van der Waals surface area contributed by atoms with E-state index in [-0.39, 0.29) is 35.9 Å². The zero-order valence-corrected chi connectivity index (χ0v) is 10.2. The van der Waals surface area contributed by atoms with Gasteiger partial charge in [0.25, 0.3) is 0 Å². The molecule has 0 aromatic rings. The molecule has 1 fully saturated rings. The second-order valence-electron chi connectivity index (χ2n) is 4.57. The van der Waals surface area contributed by atoms with Gasteiger partial charge in [-0.25, -0.2) is 0 Å². The number of esters is 1. The van der Waals surface area contributed by atoms with E-state index in [4.69, 9.17) is 4.74 Å². The molecule has 92 valence electrons. The summed E-state index contributed by atoms with van der Waals surface area (Å²) in [5.41, 5.74) is 0. The van der Waals surface area contributed by atoms with Gasteiger partial charge in [-0.15, -0.1) is 0 Å². The molecule has 0 aromatic carbocycles. The first-order chi connectivity index (χ1) is 7.56. The summed E-state index contributed by atoms with van der Waals surface area (Å²) in [6.07, 6.45) is 1.04. The van der Waals surface area contributed by atoms with Gasteiger partial charge in [-0.2, -0.15) is 0 Å². The number of hydrogen-bond donors (Lipinski definition) is 0. The van der Waals surface area contributed by atoms with Crippen LogP contribution in [0.15, 0.2) is 0 Å². The molecule has 0 N–H and O–H groups in total. The zero-order chi connectivity index (χ0) is 12.1. The van der Waals surface area contributed by atoms with E-state index in [9.17, 15) is 9.59 Å². The Morgan fingerprint density at radius 1 is 1.44 bits per heavy atom. The van der Waals surface area contributed by atoms with Crippen molar-refractivity contribution in [2.75, 3.05) is 20.3 Å². The van der Waals surface area contributed by atoms with Crippen LogP contribution in [0, 0.1) is 17.8 Å². The van der Waals surface area contributed by atoms with E-state index in [0.29, 0.717) is 13.2 Å². The molecule has 0 aliphatic carbocycles. The molecule has 0 saturated carbocycles. The minimum absolute atomic E-state index is 0.0461. The third kappa shape index (κ3) is 3.30. The molecule has 1 saturated heterocycles. The Labute approximate surface area is 96.3 Å². The number of Topliss-reactive ketones (excluding diaryl/α,β-unsaturated/α-hetero) is 1. The van der Waals surface area contributed by atoms with Crippen LogP contribution in [0.2, 0.25) is 0 Å². The predicted molar refractivity (Wildman–Crippen MR) is 58.9 cm³/mol. The highest BCUT2D eigenvalue weighted by molar-refractivity contribution is 5.87. The maximum absolute atomic E-state index is 12.0. The summed E-state index contributed by atoms with van der Waals surface area (Å²) >= 11 is 0. The highest BCUT2D eigenvalue weighted by atomic mass is 16.5. The lowest BCUT2D eigenvalue weighted by molar-refractivity contribution is -0.145. The van der Waals surface area contributed by atoms with Crippen LogP contribution in [0.25, 0.3) is 0 Å². The molecule has 0 amide bonds. The topological polar surface area (TPSA) is 52.6 Å². The molecular formula is C12H20O4. The maximum atomic E-state index is 12.0. The number of rotatable bonds is 5. The molecular weight excluding hydrogens is 208 g/mol. The summed E-state index contributed by atoms with van der Waals surface area (Å²) in [7, 11) is 1.35. The van der Waals surface area contributed by atoms with E-state index >= 15 is 0 Å². The van der Waals surface area contributed by atoms with Gasteiger partial charge >= 0.3 is 5.97 Å². The molecule has 0 aromatic heterocycles. The van der Waals surface area contributed by atoms with Gasteiger partial charge < -0.3 is 9.47 Å². The molecule has 2 unspecified atom stereocenters. The molecule has 4 heteroatoms. The molecule has 0 radical (unpaired) electrons. The van der Waals surface area contributed by atoms with E-state index in [1.54, 1.807) is 0 Å². The zero-order valence-electron chi connectivity index (χ0n) is 10.2. The standard InChI is InChI=1S/C12H20O4/c1-8(2)12(14)10(6-11(13)15-3)9-4-5-16-7-9/h8-10H,4-7H2,1-3H3. The highest BCUT2D eigenvalue weighted by Gasteiger charge is 2.34. The lowest BCUT2D eigenvalue weighted by Gasteiger charge is -2.21. The van der Waals surface area contributed by atoms with Crippen LogP contribution < -0.4 is 0 Å². The van der Waals surface area contributed by atoms with Crippen molar-refractivity contribution in [3.63, 3.8) is 0 Å². The summed E-state index contributed by atoms with van der Waals surface area (Å²) in [4.78, 5) is 23.3. The first-order valence-corrected chi connectivity index (χ1v) is 5.74. The molecule has 1 aliphatic rings. The van der Waals surface area contributed by atoms with Crippen molar-refractivity contribution in [3.8, 4) is 0 Å². The Kier molecular flexibility index (Phi) is 4.93. The van der Waals surface area contributed by atoms with Gasteiger partial charge in [0.15, 0.2) is 0 Å². The Balaban J connectivity index is 2.67. The van der Waals surface area contributed by atoms with Crippen LogP contribution in [-0.4, -0.2) is 32.1 Å². The third-order valence-corrected chi connectivity index (χ3v) is 3.08. The number of ether oxygens (including phenoxy) is 2. The third-order valence-electron chi connectivity index (χ3n) is 3.08. The summed E-state index contributed by atoms with van der Waals surface area (Å²) in [6, 6.07) is 0. The fraction of sp³-hybridized carbons (Fsp3) is 0.833. The van der Waals surface area contributed by atoms with E-state index in [1.165, 1.54) is 7.11 Å². The van der Waals surface area contributed by atoms with Gasteiger partial charge in [0.05, 0.1) is 20.1 Å². The largest absolute Gasteiger partial charge is 0.469 e. The monoisotopic (exact) mass is 228 g/mol. The van der Waals surface area contributed by atoms with E-state index < -0.39 is 0 Å². The van der Waals surface area contributed by atoms with Crippen LogP contribution in [-0.2, 0) is 19.1 Å². The minimum atomic E-state index is -0.314. The number of ketones is 1. The van der Waals surface area contributed by atoms with Gasteiger partial charge in [-0.3, -0.25) is 9.59 Å². The molecule has 16 heavy (non-hydrogen) atoms. The highest BCUT2D eigenvalue weighted by Crippen LogP contribution is 2.28. The Morgan fingerprint density at radius 2 is 2.12 bits per heavy atom. The molecule has 1 heterocycles. The number of hydrogen-bond acceptors (Lipinski definition) is 4. The summed E-state index contributed by atoms with van der Waals surface area (Å²) < 4.78 is 9.92. The number of methoxy groups -OCH3 is 1. The van der Waals surface area contributed by atoms with Crippen molar-refractivity contribution in [3.05, 3.63) is 0 Å². The number of carbonyl (C=O) groups is 2. The molecule has 2 atom stereocenters. The molecule has 1 aliphatic heterocycles. The Morgan fingerprint density at radius 3 is 2.56 bits per heavy atom. The van der Waals surface area contributed by atoms with E-state index in [0.717, 1.165) is 6.42 Å². The quantitative estimate of drug-likeness (QED) is 0.668. The molecule has 1 rings (SSSR count). The first-order valence-electron chi connectivity index (χ1n) is 5.74. The van der Waals surface area contributed by atoms with Crippen LogP contribution in [0.4, 0.5) is 0 Å². The predicted octanol–water partition coefficient (Wildman–Crippen LogP) is 1.43. The van der Waals surface area contributed by atoms with Crippen LogP contribution in [0.5, 0.6) is 0 Å². The van der Waals surface area contributed by atoms with Crippen molar-refractivity contribution in [1.29, 1.82) is 0 Å². The van der Waals surface area contributed by atoms with E-state index in [1.807, 2.05) is 13.8 Å². The van der Waals surface area contributed by atoms with Gasteiger partial charge in [0.1, 0.15) is 5.78 Å². The van der Waals surface area contributed by atoms with Gasteiger partial charge in [-0.1, -0.05) is 13.8 Å². The molecule has 0 spiro atoms. The second kappa shape index (κ2) is 5.99. The van der Waals surface area contributed by atoms with Crippen LogP contribution in [0.3, 0.4) is 0 Å². The van der Waals surface area contributed by atoms with Gasteiger partial charge in [0, 0.05) is 18.4 Å². The summed E-state index contributed by atoms with van der Waals surface area (Å²) in [5.74, 6) is -0.286. The first kappa shape index (κ1) is 13.2. The SMILES string of the molecule is COC(=O)CC(C(=O)C(C)C)C1CCOC1. The van der Waals surface area contributed by atoms with Crippen molar-refractivity contribution in [2.24, 2.45) is 17.8 Å². The average molecular weight is 228 g/mol. The van der Waals surface area contributed by atoms with Crippen molar-refractivity contribution >= 4 is 11.8 Å². The maximum Gasteiger partial charge on any atom is 0.306 e. The minimum Gasteiger partial charge on any atom is -0.469 e. The fourth-order valence-electron chi connectivity index (χ4n) is 2.06. The van der Waals surface area contributed by atoms with Crippen LogP contribution in [0.1, 0.15) is 26.7 Å². The van der Waals surface area contributed by atoms with Crippen molar-refractivity contribution in [2.45, 2.75) is 26.7 Å². The smallest absolute Gasteiger partial charge is 0.306 e. The van der Waals surface area contributed by atoms with Crippen molar-refractivity contribution in [1.82, 2.24) is 0 Å². The summed E-state index contributed by atoms with van der Waals surface area (Å²) in [5, 5.41) is 0. The lowest BCUT2D eigenvalue weighted by atomic mass is 9.81. The van der Waals surface area contributed by atoms with Gasteiger partial charge in [-0.05, 0) is 12.3 Å². The average Bonchev–Trinajstić information content (AvgIpc) is 2.77.